The van der Waals surface area contributed by atoms with Gasteiger partial charge in [-0.2, -0.15) is 0 Å². The van der Waals surface area contributed by atoms with Crippen molar-refractivity contribution in [3.8, 4) is 11.3 Å². The number of nitrogens with zero attached hydrogens (tertiary/aromatic N) is 4. The summed E-state index contributed by atoms with van der Waals surface area (Å²) in [6, 6.07) is 17.8. The molecule has 0 spiro atoms. The first-order valence-corrected chi connectivity index (χ1v) is 11.4. The van der Waals surface area contributed by atoms with Crippen molar-refractivity contribution in [1.29, 1.82) is 0 Å². The second-order valence-corrected chi connectivity index (χ2v) is 8.61. The molecule has 0 bridgehead atoms. The predicted octanol–water partition coefficient (Wildman–Crippen LogP) is 4.38. The number of anilines is 1. The normalized spacial score (nSPS) is 13.8. The van der Waals surface area contributed by atoms with Crippen molar-refractivity contribution in [3.05, 3.63) is 77.1 Å². The summed E-state index contributed by atoms with van der Waals surface area (Å²) in [7, 11) is 0. The van der Waals surface area contributed by atoms with Crippen LogP contribution in [0, 0.1) is 20.8 Å². The molecule has 0 unspecified atom stereocenters. The van der Waals surface area contributed by atoms with Gasteiger partial charge in [0.05, 0.1) is 5.69 Å². The average molecular weight is 443 g/mol. The summed E-state index contributed by atoms with van der Waals surface area (Å²) < 4.78 is 0. The molecule has 0 saturated carbocycles. The van der Waals surface area contributed by atoms with Crippen molar-refractivity contribution < 1.29 is 9.59 Å². The van der Waals surface area contributed by atoms with Gasteiger partial charge in [0, 0.05) is 56.2 Å². The van der Waals surface area contributed by atoms with E-state index in [0.29, 0.717) is 31.7 Å². The minimum absolute atomic E-state index is 0.0231. The van der Waals surface area contributed by atoms with E-state index in [0.717, 1.165) is 34.0 Å². The third-order valence-corrected chi connectivity index (χ3v) is 6.25. The van der Waals surface area contributed by atoms with Crippen LogP contribution in [0.4, 0.5) is 5.82 Å². The van der Waals surface area contributed by atoms with E-state index in [4.69, 9.17) is 0 Å². The van der Waals surface area contributed by atoms with Crippen LogP contribution < -0.4 is 4.90 Å². The predicted molar refractivity (Wildman–Crippen MR) is 130 cm³/mol. The zero-order valence-corrected chi connectivity index (χ0v) is 19.5. The number of hydrogen-bond acceptors (Lipinski definition) is 5. The van der Waals surface area contributed by atoms with Gasteiger partial charge in [0.2, 0.25) is 5.91 Å². The van der Waals surface area contributed by atoms with E-state index >= 15 is 0 Å². The number of hydrogen-bond donors (Lipinski definition) is 0. The maximum Gasteiger partial charge on any atom is 0.223 e. The summed E-state index contributed by atoms with van der Waals surface area (Å²) in [6.07, 6.45) is 0.490. The molecule has 3 aromatic rings. The molecule has 1 amide bonds. The third kappa shape index (κ3) is 5.45. The van der Waals surface area contributed by atoms with Crippen LogP contribution in [0.25, 0.3) is 11.3 Å². The maximum absolute atomic E-state index is 12.7. The number of aromatic nitrogens is 2. The van der Waals surface area contributed by atoms with Crippen LogP contribution in [0.1, 0.15) is 40.2 Å². The van der Waals surface area contributed by atoms with Crippen molar-refractivity contribution in [2.45, 2.75) is 33.6 Å². The fourth-order valence-corrected chi connectivity index (χ4v) is 4.09. The Bertz CT molecular complexity index is 1150. The summed E-state index contributed by atoms with van der Waals surface area (Å²) in [5.74, 6) is 1.68. The van der Waals surface area contributed by atoms with Gasteiger partial charge in [-0.1, -0.05) is 42.5 Å². The van der Waals surface area contributed by atoms with Gasteiger partial charge in [0.25, 0.3) is 0 Å². The Kier molecular flexibility index (Phi) is 6.82. The summed E-state index contributed by atoms with van der Waals surface area (Å²) in [5, 5.41) is 0. The van der Waals surface area contributed by atoms with Crippen molar-refractivity contribution in [3.63, 3.8) is 0 Å². The van der Waals surface area contributed by atoms with Crippen molar-refractivity contribution in [2.75, 3.05) is 31.1 Å². The molecule has 2 aromatic carbocycles. The second kappa shape index (κ2) is 9.94. The summed E-state index contributed by atoms with van der Waals surface area (Å²) in [6.45, 7) is 8.60. The summed E-state index contributed by atoms with van der Waals surface area (Å²) in [4.78, 5) is 38.5. The molecule has 1 aliphatic heterocycles. The van der Waals surface area contributed by atoms with Gasteiger partial charge in [-0.3, -0.25) is 9.59 Å². The Labute approximate surface area is 195 Å². The van der Waals surface area contributed by atoms with Crippen molar-refractivity contribution >= 4 is 17.5 Å². The molecule has 4 rings (SSSR count). The van der Waals surface area contributed by atoms with E-state index in [1.807, 2.05) is 80.3 Å². The highest BCUT2D eigenvalue weighted by molar-refractivity contribution is 5.98. The Hall–Kier alpha value is -3.54. The van der Waals surface area contributed by atoms with Gasteiger partial charge in [0.1, 0.15) is 11.6 Å². The average Bonchev–Trinajstić information content (AvgIpc) is 2.84. The van der Waals surface area contributed by atoms with Gasteiger partial charge >= 0.3 is 0 Å². The van der Waals surface area contributed by atoms with Crippen LogP contribution in [-0.2, 0) is 4.79 Å². The number of benzene rings is 2. The molecule has 1 fully saturated rings. The highest BCUT2D eigenvalue weighted by Crippen LogP contribution is 2.23. The third-order valence-electron chi connectivity index (χ3n) is 6.25. The first-order valence-electron chi connectivity index (χ1n) is 11.4. The monoisotopic (exact) mass is 442 g/mol. The Balaban J connectivity index is 1.33. The lowest BCUT2D eigenvalue weighted by Crippen LogP contribution is -2.49. The van der Waals surface area contributed by atoms with E-state index < -0.39 is 0 Å². The molecule has 6 nitrogen and oxygen atoms in total. The number of ketones is 1. The first-order chi connectivity index (χ1) is 15.9. The minimum Gasteiger partial charge on any atom is -0.353 e. The Morgan fingerprint density at radius 1 is 0.818 bits per heavy atom. The highest BCUT2D eigenvalue weighted by atomic mass is 16.2. The fourth-order valence-electron chi connectivity index (χ4n) is 4.09. The smallest absolute Gasteiger partial charge is 0.223 e. The molecular weight excluding hydrogens is 412 g/mol. The molecule has 1 aromatic heterocycles. The van der Waals surface area contributed by atoms with E-state index in [9.17, 15) is 9.59 Å². The maximum atomic E-state index is 12.7. The fraction of sp³-hybridized carbons (Fsp3) is 0.333. The highest BCUT2D eigenvalue weighted by Gasteiger charge is 2.23. The van der Waals surface area contributed by atoms with Crippen molar-refractivity contribution in [1.82, 2.24) is 14.9 Å². The number of Topliss-reactive ketones (excluding diaryl/α,β-unsaturated/α-hetero) is 1. The molecule has 0 aliphatic carbocycles. The molecule has 0 atom stereocenters. The van der Waals surface area contributed by atoms with Crippen LogP contribution >= 0.6 is 0 Å². The largest absolute Gasteiger partial charge is 0.353 e. The van der Waals surface area contributed by atoms with Crippen molar-refractivity contribution in [2.24, 2.45) is 0 Å². The Morgan fingerprint density at radius 2 is 1.55 bits per heavy atom. The number of rotatable bonds is 6. The van der Waals surface area contributed by atoms with Crippen LogP contribution in [0.2, 0.25) is 0 Å². The number of piperazine rings is 1. The van der Waals surface area contributed by atoms with Gasteiger partial charge in [-0.05, 0) is 38.0 Å². The SMILES string of the molecule is Cc1nc(-c2ccccc2)cc(N2CCN(C(=O)CCC(=O)c3ccc(C)c(C)c3)CC2)n1. The Morgan fingerprint density at radius 3 is 2.24 bits per heavy atom. The molecule has 6 heteroatoms. The standard InChI is InChI=1S/C27H30N4O2/c1-19-9-10-23(17-20(19)2)25(32)11-12-27(33)31-15-13-30(14-16-31)26-18-24(28-21(3)29-26)22-7-5-4-6-8-22/h4-10,17-18H,11-16H2,1-3H3. The molecular formula is C27H30N4O2. The van der Waals surface area contributed by atoms with Gasteiger partial charge in [-0.25, -0.2) is 9.97 Å². The van der Waals surface area contributed by atoms with E-state index in [1.165, 1.54) is 0 Å². The lowest BCUT2D eigenvalue weighted by atomic mass is 10.0. The van der Waals surface area contributed by atoms with E-state index in [-0.39, 0.29) is 24.5 Å². The van der Waals surface area contributed by atoms with Crippen LogP contribution in [0.5, 0.6) is 0 Å². The number of amides is 1. The second-order valence-electron chi connectivity index (χ2n) is 8.61. The molecule has 170 valence electrons. The zero-order valence-electron chi connectivity index (χ0n) is 19.5. The lowest BCUT2D eigenvalue weighted by molar-refractivity contribution is -0.131. The first kappa shape index (κ1) is 22.6. The molecule has 1 aliphatic rings. The van der Waals surface area contributed by atoms with Gasteiger partial charge in [0.15, 0.2) is 5.78 Å². The van der Waals surface area contributed by atoms with E-state index in [1.54, 1.807) is 0 Å². The molecule has 0 radical (unpaired) electrons. The minimum atomic E-state index is 0.0231. The molecule has 0 N–H and O–H groups in total. The molecule has 33 heavy (non-hydrogen) atoms. The number of carbonyl (C=O) groups excluding carboxylic acids is 2. The van der Waals surface area contributed by atoms with E-state index in [2.05, 4.69) is 14.9 Å². The van der Waals surface area contributed by atoms with Gasteiger partial charge < -0.3 is 9.80 Å². The van der Waals surface area contributed by atoms with Crippen LogP contribution in [0.15, 0.2) is 54.6 Å². The zero-order chi connectivity index (χ0) is 23.4. The summed E-state index contributed by atoms with van der Waals surface area (Å²) >= 11 is 0. The topological polar surface area (TPSA) is 66.4 Å². The lowest BCUT2D eigenvalue weighted by Gasteiger charge is -2.35. The quantitative estimate of drug-likeness (QED) is 0.530. The number of aryl methyl sites for hydroxylation is 3. The van der Waals surface area contributed by atoms with Crippen LogP contribution in [-0.4, -0.2) is 52.7 Å². The van der Waals surface area contributed by atoms with Crippen LogP contribution in [0.3, 0.4) is 0 Å². The van der Waals surface area contributed by atoms with Gasteiger partial charge in [-0.15, -0.1) is 0 Å². The molecule has 2 heterocycles. The molecule has 1 saturated heterocycles. The number of carbonyl (C=O) groups is 2. The summed E-state index contributed by atoms with van der Waals surface area (Å²) in [5.41, 5.74) is 4.91.